The molecule has 0 saturated carbocycles. The molecule has 196 valence electrons. The summed E-state index contributed by atoms with van der Waals surface area (Å²) in [6, 6.07) is 16.9. The van der Waals surface area contributed by atoms with Crippen LogP contribution < -0.4 is 11.2 Å². The summed E-state index contributed by atoms with van der Waals surface area (Å²) in [5.74, 6) is -0.238. The number of nitrogens with one attached hydrogen (secondary N) is 2. The largest absolute Gasteiger partial charge is 0.416 e. The number of benzene rings is 2. The Morgan fingerprint density at radius 3 is 2.44 bits per heavy atom. The van der Waals surface area contributed by atoms with Crippen molar-refractivity contribution in [3.8, 4) is 0 Å². The van der Waals surface area contributed by atoms with Gasteiger partial charge in [-0.2, -0.15) is 18.3 Å². The van der Waals surface area contributed by atoms with Gasteiger partial charge in [-0.3, -0.25) is 9.48 Å². The number of nitrogens with zero attached hydrogens (tertiary/aromatic N) is 3. The molecule has 3 heterocycles. The van der Waals surface area contributed by atoms with Gasteiger partial charge in [0.25, 0.3) is 5.56 Å². The van der Waals surface area contributed by atoms with Crippen LogP contribution in [0.5, 0.6) is 0 Å². The molecule has 2 aromatic carbocycles. The Morgan fingerprint density at radius 2 is 1.72 bits per heavy atom. The Labute approximate surface area is 219 Å². The molecular weight excluding hydrogens is 507 g/mol. The summed E-state index contributed by atoms with van der Waals surface area (Å²) in [6.45, 7) is -0.0247. The first-order valence-corrected chi connectivity index (χ1v) is 12.3. The van der Waals surface area contributed by atoms with Gasteiger partial charge in [-0.1, -0.05) is 54.6 Å². The maximum atomic E-state index is 13.5. The summed E-state index contributed by atoms with van der Waals surface area (Å²) in [4.78, 5) is 31.7. The van der Waals surface area contributed by atoms with E-state index in [9.17, 15) is 22.8 Å². The Bertz CT molecular complexity index is 1860. The maximum Gasteiger partial charge on any atom is 0.416 e. The van der Waals surface area contributed by atoms with Crippen molar-refractivity contribution < 1.29 is 13.2 Å². The van der Waals surface area contributed by atoms with Crippen molar-refractivity contribution in [2.24, 2.45) is 0 Å². The second-order valence-corrected chi connectivity index (χ2v) is 9.40. The van der Waals surface area contributed by atoms with Gasteiger partial charge < -0.3 is 9.97 Å². The molecule has 5 aromatic rings. The van der Waals surface area contributed by atoms with E-state index in [1.54, 1.807) is 42.8 Å². The van der Waals surface area contributed by atoms with Crippen molar-refractivity contribution in [1.29, 1.82) is 0 Å². The van der Waals surface area contributed by atoms with Gasteiger partial charge in [0.05, 0.1) is 29.5 Å². The number of halogens is 3. The standard InChI is InChI=1S/C29H22F3N5O2/c30-29(31,32)23-12-5-4-9-20(23)17-36-16-18(15-33-36)13-22(19-7-2-1-3-8-19)24-14-25-26(34-24)27(38)37(28(39)35-25)21-10-6-11-21/h1-12,14-16,22,34H,13,17H2,(H,35,39). The topological polar surface area (TPSA) is 88.5 Å². The molecule has 3 aromatic heterocycles. The third kappa shape index (κ3) is 4.65. The molecular formula is C29H22F3N5O2. The lowest BCUT2D eigenvalue weighted by molar-refractivity contribution is -0.138. The van der Waals surface area contributed by atoms with Crippen molar-refractivity contribution >= 4 is 16.7 Å². The molecule has 0 amide bonds. The van der Waals surface area contributed by atoms with Gasteiger partial charge in [-0.25, -0.2) is 9.36 Å². The van der Waals surface area contributed by atoms with Crippen LogP contribution in [-0.2, 0) is 19.1 Å². The first-order valence-electron chi connectivity index (χ1n) is 12.3. The Kier molecular flexibility index (Phi) is 5.94. The van der Waals surface area contributed by atoms with Crippen molar-refractivity contribution in [2.75, 3.05) is 0 Å². The van der Waals surface area contributed by atoms with Gasteiger partial charge in [0.2, 0.25) is 0 Å². The Hall–Kier alpha value is -4.86. The number of rotatable bonds is 7. The van der Waals surface area contributed by atoms with Crippen LogP contribution in [0.25, 0.3) is 16.7 Å². The second-order valence-electron chi connectivity index (χ2n) is 9.40. The van der Waals surface area contributed by atoms with Gasteiger partial charge in [0.1, 0.15) is 5.52 Å². The van der Waals surface area contributed by atoms with E-state index in [4.69, 9.17) is 0 Å². The van der Waals surface area contributed by atoms with Gasteiger partial charge in [-0.05, 0) is 47.4 Å². The van der Waals surface area contributed by atoms with Crippen LogP contribution in [0, 0.1) is 0 Å². The van der Waals surface area contributed by atoms with Crippen molar-refractivity contribution in [1.82, 2.24) is 24.3 Å². The molecule has 0 aliphatic heterocycles. The molecule has 1 aliphatic rings. The quantitative estimate of drug-likeness (QED) is 0.309. The number of alkyl halides is 3. The fourth-order valence-electron chi connectivity index (χ4n) is 4.91. The molecule has 0 saturated heterocycles. The average Bonchev–Trinajstić information content (AvgIpc) is 3.51. The van der Waals surface area contributed by atoms with Gasteiger partial charge in [0, 0.05) is 17.8 Å². The predicted octanol–water partition coefficient (Wildman–Crippen LogP) is 5.07. The number of aromatic amines is 2. The molecule has 0 bridgehead atoms. The van der Waals surface area contributed by atoms with Crippen LogP contribution in [0.4, 0.5) is 13.2 Å². The number of hydrogen-bond donors (Lipinski definition) is 2. The summed E-state index contributed by atoms with van der Waals surface area (Å²) in [5, 5.41) is 4.32. The molecule has 7 nitrogen and oxygen atoms in total. The number of H-pyrrole nitrogens is 2. The second kappa shape index (κ2) is 9.46. The number of allylic oxidation sites excluding steroid dienone is 4. The first kappa shape index (κ1) is 24.5. The summed E-state index contributed by atoms with van der Waals surface area (Å²) in [5.41, 5.74) is 2.17. The molecule has 2 N–H and O–H groups in total. The fraction of sp³-hybridized carbons (Fsp3) is 0.138. The lowest BCUT2D eigenvalue weighted by Gasteiger charge is -2.15. The monoisotopic (exact) mass is 529 g/mol. The van der Waals surface area contributed by atoms with E-state index in [1.807, 2.05) is 30.3 Å². The van der Waals surface area contributed by atoms with Gasteiger partial charge in [0.15, 0.2) is 0 Å². The van der Waals surface area contributed by atoms with Crippen molar-refractivity contribution in [2.45, 2.75) is 25.1 Å². The molecule has 6 rings (SSSR count). The number of fused-ring (bicyclic) bond motifs is 1. The van der Waals surface area contributed by atoms with Crippen LogP contribution in [-0.4, -0.2) is 24.3 Å². The highest BCUT2D eigenvalue weighted by Gasteiger charge is 2.33. The predicted molar refractivity (Wildman–Crippen MR) is 141 cm³/mol. The molecule has 0 spiro atoms. The fourth-order valence-corrected chi connectivity index (χ4v) is 4.91. The number of hydrogen-bond acceptors (Lipinski definition) is 3. The number of aromatic nitrogens is 5. The van der Waals surface area contributed by atoms with Crippen LogP contribution in [0.2, 0.25) is 0 Å². The van der Waals surface area contributed by atoms with E-state index >= 15 is 0 Å². The summed E-state index contributed by atoms with van der Waals surface area (Å²) in [6.07, 6.45) is 4.50. The van der Waals surface area contributed by atoms with E-state index < -0.39 is 23.0 Å². The molecule has 1 unspecified atom stereocenters. The highest BCUT2D eigenvalue weighted by Crippen LogP contribution is 2.33. The minimum atomic E-state index is -4.45. The molecule has 1 aliphatic carbocycles. The zero-order valence-corrected chi connectivity index (χ0v) is 20.4. The first-order chi connectivity index (χ1) is 18.8. The van der Waals surface area contributed by atoms with E-state index in [0.29, 0.717) is 17.6 Å². The highest BCUT2D eigenvalue weighted by atomic mass is 19.4. The van der Waals surface area contributed by atoms with E-state index in [0.717, 1.165) is 27.5 Å². The average molecular weight is 530 g/mol. The maximum absolute atomic E-state index is 13.5. The SMILES string of the molecule is O=c1[nH]c2cc(C(Cc3cnn(Cc4ccccc4C(F)(F)F)c3)c3ccccc3)[nH]c2c(=O)n1C1=CC=C1. The third-order valence-electron chi connectivity index (χ3n) is 6.85. The molecule has 10 heteroatoms. The molecule has 0 radical (unpaired) electrons. The van der Waals surface area contributed by atoms with Crippen LogP contribution in [0.15, 0.2) is 101 Å². The van der Waals surface area contributed by atoms with Crippen LogP contribution >= 0.6 is 0 Å². The zero-order chi connectivity index (χ0) is 27.1. The van der Waals surface area contributed by atoms with E-state index in [2.05, 4.69) is 15.1 Å². The van der Waals surface area contributed by atoms with E-state index in [1.165, 1.54) is 16.8 Å². The summed E-state index contributed by atoms with van der Waals surface area (Å²) < 4.78 is 42.9. The minimum Gasteiger partial charge on any atom is -0.352 e. The third-order valence-corrected chi connectivity index (χ3v) is 6.85. The van der Waals surface area contributed by atoms with Crippen molar-refractivity contribution in [3.63, 3.8) is 0 Å². The zero-order valence-electron chi connectivity index (χ0n) is 20.4. The summed E-state index contributed by atoms with van der Waals surface area (Å²) in [7, 11) is 0. The lowest BCUT2D eigenvalue weighted by atomic mass is 9.90. The van der Waals surface area contributed by atoms with Crippen LogP contribution in [0.3, 0.4) is 0 Å². The van der Waals surface area contributed by atoms with E-state index in [-0.39, 0.29) is 23.5 Å². The molecule has 0 fully saturated rings. The minimum absolute atomic E-state index is 0.0247. The molecule has 39 heavy (non-hydrogen) atoms. The van der Waals surface area contributed by atoms with Crippen molar-refractivity contribution in [3.05, 3.63) is 140 Å². The molecule has 1 atom stereocenters. The Morgan fingerprint density at radius 1 is 0.974 bits per heavy atom. The lowest BCUT2D eigenvalue weighted by Crippen LogP contribution is -2.34. The smallest absolute Gasteiger partial charge is 0.352 e. The van der Waals surface area contributed by atoms with Gasteiger partial charge >= 0.3 is 11.9 Å². The van der Waals surface area contributed by atoms with Gasteiger partial charge in [-0.15, -0.1) is 0 Å². The summed E-state index contributed by atoms with van der Waals surface area (Å²) >= 11 is 0. The van der Waals surface area contributed by atoms with Crippen LogP contribution in [0.1, 0.15) is 33.9 Å². The Balaban J connectivity index is 1.34. The highest BCUT2D eigenvalue weighted by molar-refractivity contribution is 5.77. The normalized spacial score (nSPS) is 13.9.